The van der Waals surface area contributed by atoms with Crippen molar-refractivity contribution in [3.63, 3.8) is 0 Å². The third kappa shape index (κ3) is 4.25. The van der Waals surface area contributed by atoms with Crippen LogP contribution in [0.25, 0.3) is 39.3 Å². The van der Waals surface area contributed by atoms with Crippen LogP contribution in [0.15, 0.2) is 24.8 Å². The van der Waals surface area contributed by atoms with Crippen molar-refractivity contribution < 1.29 is 14.6 Å². The Bertz CT molecular complexity index is 1810. The molecule has 0 fully saturated rings. The molecule has 6 rings (SSSR count). The molecular weight excluding hydrogens is 512 g/mol. The van der Waals surface area contributed by atoms with E-state index in [1.54, 1.807) is 0 Å². The number of aryl methyl sites for hydroxylation is 3. The van der Waals surface area contributed by atoms with Gasteiger partial charge in [0.25, 0.3) is 0 Å². The lowest BCUT2D eigenvalue weighted by atomic mass is 9.85. The Morgan fingerprint density at radius 3 is 2.54 bits per heavy atom. The first-order chi connectivity index (χ1) is 19.7. The Hall–Kier alpha value is -3.97. The predicted molar refractivity (Wildman–Crippen MR) is 165 cm³/mol. The van der Waals surface area contributed by atoms with Gasteiger partial charge in [0.1, 0.15) is 0 Å². The molecule has 0 amide bonds. The summed E-state index contributed by atoms with van der Waals surface area (Å²) in [6.45, 7) is 14.8. The molecule has 3 aromatic rings. The van der Waals surface area contributed by atoms with Gasteiger partial charge in [-0.05, 0) is 74.1 Å². The number of hydrogen-bond donors (Lipinski definition) is 3. The lowest BCUT2D eigenvalue weighted by Crippen LogP contribution is -2.10. The van der Waals surface area contributed by atoms with E-state index in [4.69, 9.17) is 14.7 Å². The van der Waals surface area contributed by atoms with E-state index < -0.39 is 6.10 Å². The zero-order valence-corrected chi connectivity index (χ0v) is 24.7. The zero-order valence-electron chi connectivity index (χ0n) is 24.7. The monoisotopic (exact) mass is 550 g/mol. The molecule has 3 atom stereocenters. The number of nitrogens with zero attached hydrogens (tertiary/aromatic N) is 2. The number of aromatic nitrogens is 4. The molecule has 212 valence electrons. The number of carbonyl (C=O) groups is 1. The average molecular weight is 551 g/mol. The fourth-order valence-corrected chi connectivity index (χ4v) is 6.97. The first-order valence-corrected chi connectivity index (χ1v) is 14.5. The van der Waals surface area contributed by atoms with Gasteiger partial charge in [0.15, 0.2) is 0 Å². The average Bonchev–Trinajstić information content (AvgIpc) is 3.70. The molecule has 8 bridgehead atoms. The number of esters is 1. The number of methoxy groups -OCH3 is 1. The van der Waals surface area contributed by atoms with Crippen LogP contribution in [-0.4, -0.2) is 44.2 Å². The van der Waals surface area contributed by atoms with Gasteiger partial charge in [-0.25, -0.2) is 4.98 Å². The second-order valence-electron chi connectivity index (χ2n) is 11.6. The summed E-state index contributed by atoms with van der Waals surface area (Å²) in [6, 6.07) is 6.41. The molecule has 0 saturated heterocycles. The summed E-state index contributed by atoms with van der Waals surface area (Å²) >= 11 is 0. The SMILES string of the molecule is C=Cc1c(C)c2cc3nc(c4c5nc(cc6[nH]c(cc1[nH]2)c(C)c6CC)C(C)=C5C(O)C4)[C@@H](CCC(=O)OC)[C@@H]3C. The van der Waals surface area contributed by atoms with Crippen molar-refractivity contribution in [2.75, 3.05) is 7.11 Å². The van der Waals surface area contributed by atoms with Crippen LogP contribution >= 0.6 is 0 Å². The quantitative estimate of drug-likeness (QED) is 0.302. The number of aliphatic hydroxyl groups excluding tert-OH is 1. The van der Waals surface area contributed by atoms with Crippen molar-refractivity contribution in [3.8, 4) is 0 Å². The number of aliphatic hydroxyl groups is 1. The Kier molecular flexibility index (Phi) is 6.73. The molecule has 5 heterocycles. The zero-order chi connectivity index (χ0) is 29.2. The van der Waals surface area contributed by atoms with E-state index in [0.29, 0.717) is 19.3 Å². The van der Waals surface area contributed by atoms with Crippen molar-refractivity contribution in [1.82, 2.24) is 19.9 Å². The Labute approximate surface area is 240 Å². The minimum Gasteiger partial charge on any atom is -0.469 e. The van der Waals surface area contributed by atoms with Gasteiger partial charge in [-0.15, -0.1) is 0 Å². The number of H-pyrrole nitrogens is 2. The van der Waals surface area contributed by atoms with Crippen LogP contribution in [0.4, 0.5) is 0 Å². The molecule has 3 N–H and O–H groups in total. The normalized spacial score (nSPS) is 19.6. The standard InChI is InChI=1S/C34H38N4O3/c1-8-20-16(3)24-13-26-18(5)22(10-11-31(40)41-7)33(37-26)23-12-30(39)32-19(6)27(38-34(23)32)15-29-21(9-2)17(4)25(36-29)14-28(20)35-24/h8,13-15,18,22,30,35-36,39H,1,9-12H2,2-7H3/t18-,22-,30?/m0/s1. The second kappa shape index (κ2) is 10.1. The molecule has 0 saturated carbocycles. The van der Waals surface area contributed by atoms with Crippen LogP contribution < -0.4 is 0 Å². The van der Waals surface area contributed by atoms with Crippen LogP contribution in [0.2, 0.25) is 0 Å². The fourth-order valence-electron chi connectivity index (χ4n) is 6.97. The van der Waals surface area contributed by atoms with E-state index in [1.165, 1.54) is 18.2 Å². The van der Waals surface area contributed by atoms with E-state index in [2.05, 4.69) is 62.4 Å². The number of aromatic amines is 2. The van der Waals surface area contributed by atoms with Gasteiger partial charge in [-0.2, -0.15) is 0 Å². The summed E-state index contributed by atoms with van der Waals surface area (Å²) in [4.78, 5) is 29.8. The molecule has 1 unspecified atom stereocenters. The maximum absolute atomic E-state index is 12.2. The van der Waals surface area contributed by atoms with Gasteiger partial charge in [-0.1, -0.05) is 26.5 Å². The fraction of sp³-hybridized carbons (Fsp3) is 0.382. The summed E-state index contributed by atoms with van der Waals surface area (Å²) in [5.74, 6) is -0.149. The molecule has 0 aromatic carbocycles. The van der Waals surface area contributed by atoms with Crippen LogP contribution in [0, 0.1) is 13.8 Å². The molecule has 7 nitrogen and oxygen atoms in total. The van der Waals surface area contributed by atoms with Gasteiger partial charge >= 0.3 is 5.97 Å². The Balaban J connectivity index is 1.74. The van der Waals surface area contributed by atoms with Gasteiger partial charge in [0.05, 0.1) is 24.6 Å². The van der Waals surface area contributed by atoms with Crippen LogP contribution in [-0.2, 0) is 22.4 Å². The number of carbonyl (C=O) groups excluding carboxylic acids is 1. The minimum absolute atomic E-state index is 0.00804. The molecule has 1 aliphatic carbocycles. The highest BCUT2D eigenvalue weighted by atomic mass is 16.5. The summed E-state index contributed by atoms with van der Waals surface area (Å²) in [5, 5.41) is 11.3. The van der Waals surface area contributed by atoms with Crippen molar-refractivity contribution in [2.45, 2.75) is 78.2 Å². The van der Waals surface area contributed by atoms with E-state index in [0.717, 1.165) is 79.1 Å². The molecule has 3 aromatic heterocycles. The minimum atomic E-state index is -0.635. The summed E-state index contributed by atoms with van der Waals surface area (Å²) in [5.41, 5.74) is 15.1. The highest BCUT2D eigenvalue weighted by molar-refractivity contribution is 5.96. The Morgan fingerprint density at radius 1 is 1.10 bits per heavy atom. The van der Waals surface area contributed by atoms with Crippen LogP contribution in [0.5, 0.6) is 0 Å². The van der Waals surface area contributed by atoms with Crippen molar-refractivity contribution >= 4 is 45.3 Å². The number of hydrogen-bond acceptors (Lipinski definition) is 5. The summed E-state index contributed by atoms with van der Waals surface area (Å²) < 4.78 is 4.97. The van der Waals surface area contributed by atoms with Crippen molar-refractivity contribution in [1.29, 1.82) is 0 Å². The highest BCUT2D eigenvalue weighted by Crippen LogP contribution is 2.47. The molecule has 2 aliphatic heterocycles. The van der Waals surface area contributed by atoms with E-state index in [-0.39, 0.29) is 17.8 Å². The number of fused-ring (bicyclic) bond motifs is 8. The first kappa shape index (κ1) is 27.2. The van der Waals surface area contributed by atoms with Gasteiger partial charge in [0.2, 0.25) is 0 Å². The smallest absolute Gasteiger partial charge is 0.305 e. The van der Waals surface area contributed by atoms with Crippen LogP contribution in [0.3, 0.4) is 0 Å². The highest BCUT2D eigenvalue weighted by Gasteiger charge is 2.39. The molecule has 7 heteroatoms. The van der Waals surface area contributed by atoms with Crippen LogP contribution in [0.1, 0.15) is 96.0 Å². The lowest BCUT2D eigenvalue weighted by molar-refractivity contribution is -0.140. The van der Waals surface area contributed by atoms with E-state index in [9.17, 15) is 9.90 Å². The summed E-state index contributed by atoms with van der Waals surface area (Å²) in [6.07, 6.45) is 3.54. The van der Waals surface area contributed by atoms with Crippen molar-refractivity contribution in [2.24, 2.45) is 0 Å². The van der Waals surface area contributed by atoms with E-state index in [1.807, 2.05) is 13.0 Å². The molecule has 0 spiro atoms. The van der Waals surface area contributed by atoms with E-state index >= 15 is 0 Å². The topological polar surface area (TPSA) is 104 Å². The van der Waals surface area contributed by atoms with Gasteiger partial charge in [0, 0.05) is 74.8 Å². The maximum Gasteiger partial charge on any atom is 0.305 e. The number of rotatable bonds is 5. The molecule has 41 heavy (non-hydrogen) atoms. The maximum atomic E-state index is 12.2. The largest absolute Gasteiger partial charge is 0.469 e. The second-order valence-corrected chi connectivity index (χ2v) is 11.6. The third-order valence-electron chi connectivity index (χ3n) is 9.40. The predicted octanol–water partition coefficient (Wildman–Crippen LogP) is 6.83. The Morgan fingerprint density at radius 2 is 1.83 bits per heavy atom. The lowest BCUT2D eigenvalue weighted by Gasteiger charge is -2.16. The molecule has 0 radical (unpaired) electrons. The van der Waals surface area contributed by atoms with Crippen molar-refractivity contribution in [3.05, 3.63) is 75.4 Å². The number of nitrogens with one attached hydrogen (secondary N) is 2. The number of ether oxygens (including phenoxy) is 1. The first-order valence-electron chi connectivity index (χ1n) is 14.5. The molecule has 3 aliphatic rings. The third-order valence-corrected chi connectivity index (χ3v) is 9.40. The summed E-state index contributed by atoms with van der Waals surface area (Å²) in [7, 11) is 1.43. The number of allylic oxidation sites excluding steroid dienone is 1. The van der Waals surface area contributed by atoms with Gasteiger partial charge < -0.3 is 19.8 Å². The van der Waals surface area contributed by atoms with Gasteiger partial charge in [-0.3, -0.25) is 9.78 Å². The molecular formula is C34H38N4O3.